The number of halogens is 3. The molecule has 1 atom stereocenters. The number of ether oxygens (including phenoxy) is 1. The Bertz CT molecular complexity index is 572. The molecule has 0 aliphatic heterocycles. The predicted molar refractivity (Wildman–Crippen MR) is 74.7 cm³/mol. The lowest BCUT2D eigenvalue weighted by atomic mass is 10.1. The van der Waals surface area contributed by atoms with Gasteiger partial charge in [0.2, 0.25) is 0 Å². The van der Waals surface area contributed by atoms with E-state index in [-0.39, 0.29) is 17.6 Å². The molecule has 0 fully saturated rings. The fraction of sp³-hybridized carbons (Fsp3) is 0.250. The van der Waals surface area contributed by atoms with Crippen molar-refractivity contribution in [3.8, 4) is 5.75 Å². The summed E-state index contributed by atoms with van der Waals surface area (Å²) in [5, 5.41) is 3.19. The van der Waals surface area contributed by atoms with E-state index in [0.29, 0.717) is 12.1 Å². The minimum absolute atomic E-state index is 0.121. The van der Waals surface area contributed by atoms with Gasteiger partial charge in [0.25, 0.3) is 0 Å². The second-order valence-corrected chi connectivity index (χ2v) is 4.65. The molecule has 0 saturated heterocycles. The molecule has 0 amide bonds. The summed E-state index contributed by atoms with van der Waals surface area (Å²) in [6.45, 7) is -0.452. The van der Waals surface area contributed by atoms with Crippen LogP contribution in [0.15, 0.2) is 48.5 Å². The third-order valence-corrected chi connectivity index (χ3v) is 3.13. The van der Waals surface area contributed by atoms with Crippen molar-refractivity contribution in [2.45, 2.75) is 26.1 Å². The highest BCUT2D eigenvalue weighted by Crippen LogP contribution is 2.18. The lowest BCUT2D eigenvalue weighted by molar-refractivity contribution is -0.0498. The van der Waals surface area contributed by atoms with Crippen LogP contribution in [0.1, 0.15) is 24.1 Å². The quantitative estimate of drug-likeness (QED) is 0.859. The van der Waals surface area contributed by atoms with Gasteiger partial charge in [-0.15, -0.1) is 0 Å². The first-order valence-corrected chi connectivity index (χ1v) is 6.58. The van der Waals surface area contributed by atoms with Crippen molar-refractivity contribution >= 4 is 0 Å². The van der Waals surface area contributed by atoms with Crippen LogP contribution in [0.3, 0.4) is 0 Å². The van der Waals surface area contributed by atoms with Gasteiger partial charge in [0.1, 0.15) is 11.6 Å². The molecule has 2 rings (SSSR count). The average Bonchev–Trinajstić information content (AvgIpc) is 2.46. The molecule has 1 N–H and O–H groups in total. The zero-order chi connectivity index (χ0) is 15.2. The largest absolute Gasteiger partial charge is 0.435 e. The Balaban J connectivity index is 1.92. The summed E-state index contributed by atoms with van der Waals surface area (Å²) >= 11 is 0. The van der Waals surface area contributed by atoms with E-state index in [1.807, 2.05) is 6.92 Å². The van der Waals surface area contributed by atoms with E-state index in [2.05, 4.69) is 10.1 Å². The van der Waals surface area contributed by atoms with Gasteiger partial charge in [0, 0.05) is 18.2 Å². The first kappa shape index (κ1) is 15.4. The number of benzene rings is 2. The van der Waals surface area contributed by atoms with Gasteiger partial charge < -0.3 is 10.1 Å². The molecule has 0 spiro atoms. The molecule has 0 aromatic heterocycles. The van der Waals surface area contributed by atoms with Crippen molar-refractivity contribution in [1.82, 2.24) is 5.32 Å². The number of rotatable bonds is 6. The molecule has 0 heterocycles. The Morgan fingerprint density at radius 2 is 1.71 bits per heavy atom. The molecule has 5 heteroatoms. The zero-order valence-corrected chi connectivity index (χ0v) is 11.5. The Hall–Kier alpha value is -2.01. The fourth-order valence-corrected chi connectivity index (χ4v) is 2.00. The molecular weight excluding hydrogens is 279 g/mol. The minimum atomic E-state index is -2.82. The smallest absolute Gasteiger partial charge is 0.387 e. The lowest BCUT2D eigenvalue weighted by Gasteiger charge is -2.15. The SMILES string of the molecule is CC(NCc1ccc(OC(F)F)cc1)c1ccccc1F. The summed E-state index contributed by atoms with van der Waals surface area (Å²) < 4.78 is 41.9. The van der Waals surface area contributed by atoms with Crippen molar-refractivity contribution in [1.29, 1.82) is 0 Å². The Morgan fingerprint density at radius 1 is 1.05 bits per heavy atom. The van der Waals surface area contributed by atoms with Crippen molar-refractivity contribution in [2.75, 3.05) is 0 Å². The molecule has 2 aromatic rings. The van der Waals surface area contributed by atoms with E-state index < -0.39 is 6.61 Å². The van der Waals surface area contributed by atoms with Crippen LogP contribution < -0.4 is 10.1 Å². The van der Waals surface area contributed by atoms with E-state index >= 15 is 0 Å². The maximum Gasteiger partial charge on any atom is 0.387 e. The van der Waals surface area contributed by atoms with Gasteiger partial charge in [-0.1, -0.05) is 30.3 Å². The molecule has 0 aliphatic carbocycles. The van der Waals surface area contributed by atoms with Gasteiger partial charge >= 0.3 is 6.61 Å². The van der Waals surface area contributed by atoms with Crippen LogP contribution in [0.25, 0.3) is 0 Å². The highest BCUT2D eigenvalue weighted by Gasteiger charge is 2.09. The standard InChI is InChI=1S/C16H16F3NO/c1-11(14-4-2-3-5-15(14)17)20-10-12-6-8-13(9-7-12)21-16(18)19/h2-9,11,16,20H,10H2,1H3. The fourth-order valence-electron chi connectivity index (χ4n) is 2.00. The van der Waals surface area contributed by atoms with Crippen LogP contribution in [0, 0.1) is 5.82 Å². The van der Waals surface area contributed by atoms with Crippen LogP contribution in [-0.2, 0) is 6.54 Å². The van der Waals surface area contributed by atoms with Crippen LogP contribution in [0.2, 0.25) is 0 Å². The van der Waals surface area contributed by atoms with Crippen LogP contribution in [-0.4, -0.2) is 6.61 Å². The second-order valence-electron chi connectivity index (χ2n) is 4.65. The van der Waals surface area contributed by atoms with Crippen molar-refractivity contribution in [2.24, 2.45) is 0 Å². The Labute approximate surface area is 121 Å². The van der Waals surface area contributed by atoms with E-state index in [1.54, 1.807) is 30.3 Å². The molecule has 1 unspecified atom stereocenters. The number of hydrogen-bond acceptors (Lipinski definition) is 2. The maximum absolute atomic E-state index is 13.6. The summed E-state index contributed by atoms with van der Waals surface area (Å²) in [7, 11) is 0. The van der Waals surface area contributed by atoms with Gasteiger partial charge in [-0.05, 0) is 30.7 Å². The second kappa shape index (κ2) is 7.13. The van der Waals surface area contributed by atoms with E-state index in [0.717, 1.165) is 5.56 Å². The first-order valence-electron chi connectivity index (χ1n) is 6.58. The molecule has 0 aliphatic rings. The van der Waals surface area contributed by atoms with Crippen molar-refractivity contribution in [3.63, 3.8) is 0 Å². The minimum Gasteiger partial charge on any atom is -0.435 e. The normalized spacial score (nSPS) is 12.4. The Kier molecular flexibility index (Phi) is 5.22. The summed E-state index contributed by atoms with van der Waals surface area (Å²) in [6.07, 6.45) is 0. The van der Waals surface area contributed by atoms with Crippen molar-refractivity contribution in [3.05, 3.63) is 65.5 Å². The first-order chi connectivity index (χ1) is 10.1. The predicted octanol–water partition coefficient (Wildman–Crippen LogP) is 4.28. The van der Waals surface area contributed by atoms with E-state index in [9.17, 15) is 13.2 Å². The molecule has 0 radical (unpaired) electrons. The molecule has 2 nitrogen and oxygen atoms in total. The number of alkyl halides is 2. The van der Waals surface area contributed by atoms with E-state index in [1.165, 1.54) is 18.2 Å². The van der Waals surface area contributed by atoms with Gasteiger partial charge in [0.05, 0.1) is 0 Å². The van der Waals surface area contributed by atoms with Crippen molar-refractivity contribution < 1.29 is 17.9 Å². The lowest BCUT2D eigenvalue weighted by Crippen LogP contribution is -2.19. The summed E-state index contributed by atoms with van der Waals surface area (Å²) in [5.74, 6) is -0.130. The van der Waals surface area contributed by atoms with Gasteiger partial charge in [-0.3, -0.25) is 0 Å². The molecule has 112 valence electrons. The van der Waals surface area contributed by atoms with Crippen LogP contribution in [0.5, 0.6) is 5.75 Å². The van der Waals surface area contributed by atoms with Gasteiger partial charge in [-0.2, -0.15) is 8.78 Å². The maximum atomic E-state index is 13.6. The van der Waals surface area contributed by atoms with Crippen LogP contribution >= 0.6 is 0 Å². The topological polar surface area (TPSA) is 21.3 Å². The Morgan fingerprint density at radius 3 is 2.33 bits per heavy atom. The third kappa shape index (κ3) is 4.49. The molecule has 0 bridgehead atoms. The molecule has 21 heavy (non-hydrogen) atoms. The van der Waals surface area contributed by atoms with E-state index in [4.69, 9.17) is 0 Å². The highest BCUT2D eigenvalue weighted by atomic mass is 19.3. The number of hydrogen-bond donors (Lipinski definition) is 1. The third-order valence-electron chi connectivity index (χ3n) is 3.13. The van der Waals surface area contributed by atoms with Crippen LogP contribution in [0.4, 0.5) is 13.2 Å². The number of nitrogens with one attached hydrogen (secondary N) is 1. The average molecular weight is 295 g/mol. The molecule has 2 aromatic carbocycles. The summed E-state index contributed by atoms with van der Waals surface area (Å²) in [4.78, 5) is 0. The summed E-state index contributed by atoms with van der Waals surface area (Å²) in [6, 6.07) is 12.8. The molecular formula is C16H16F3NO. The van der Waals surface area contributed by atoms with Gasteiger partial charge in [0.15, 0.2) is 0 Å². The monoisotopic (exact) mass is 295 g/mol. The summed E-state index contributed by atoms with van der Waals surface area (Å²) in [5.41, 5.74) is 1.50. The van der Waals surface area contributed by atoms with Gasteiger partial charge in [-0.25, -0.2) is 4.39 Å². The highest BCUT2D eigenvalue weighted by molar-refractivity contribution is 5.27. The zero-order valence-electron chi connectivity index (χ0n) is 11.5. The molecule has 0 saturated carbocycles.